The first kappa shape index (κ1) is 16.9. The molecule has 0 aliphatic carbocycles. The summed E-state index contributed by atoms with van der Waals surface area (Å²) in [6.45, 7) is 5.36. The van der Waals surface area contributed by atoms with Crippen LogP contribution in [0.1, 0.15) is 24.2 Å². The van der Waals surface area contributed by atoms with Gasteiger partial charge in [-0.15, -0.1) is 0 Å². The van der Waals surface area contributed by atoms with Crippen molar-refractivity contribution in [3.8, 4) is 0 Å². The van der Waals surface area contributed by atoms with Gasteiger partial charge >= 0.3 is 11.7 Å². The maximum atomic E-state index is 11.1. The van der Waals surface area contributed by atoms with Crippen LogP contribution in [0.25, 0.3) is 0 Å². The third kappa shape index (κ3) is 4.71. The monoisotopic (exact) mass is 295 g/mol. The lowest BCUT2D eigenvalue weighted by molar-refractivity contribution is -0.384. The molecule has 0 amide bonds. The molecule has 0 aliphatic heterocycles. The molecule has 7 heteroatoms. The molecular weight excluding hydrogens is 274 g/mol. The standard InChI is InChI=1S/C14H21N3O4/c1-14(2,9-16(3)4)8-15-11-7-5-6-10(13(18)19)12(11)17(20)21/h5-7,15H,8-9H2,1-4H3,(H,18,19). The summed E-state index contributed by atoms with van der Waals surface area (Å²) in [5, 5.41) is 23.2. The molecule has 0 saturated carbocycles. The van der Waals surface area contributed by atoms with Gasteiger partial charge in [-0.3, -0.25) is 10.1 Å². The number of hydrogen-bond acceptors (Lipinski definition) is 5. The maximum absolute atomic E-state index is 11.1. The number of nitro groups is 1. The van der Waals surface area contributed by atoms with Crippen LogP contribution in [-0.2, 0) is 0 Å². The molecule has 0 radical (unpaired) electrons. The number of para-hydroxylation sites is 1. The van der Waals surface area contributed by atoms with Crippen LogP contribution in [0.15, 0.2) is 18.2 Å². The number of anilines is 1. The van der Waals surface area contributed by atoms with E-state index in [-0.39, 0.29) is 16.7 Å². The summed E-state index contributed by atoms with van der Waals surface area (Å²) in [5.74, 6) is -1.31. The van der Waals surface area contributed by atoms with E-state index >= 15 is 0 Å². The average Bonchev–Trinajstić information content (AvgIpc) is 2.34. The van der Waals surface area contributed by atoms with Crippen molar-refractivity contribution in [3.63, 3.8) is 0 Å². The largest absolute Gasteiger partial charge is 0.477 e. The van der Waals surface area contributed by atoms with E-state index in [0.717, 1.165) is 6.54 Å². The Morgan fingerprint density at radius 1 is 1.43 bits per heavy atom. The predicted octanol–water partition coefficient (Wildman–Crippen LogP) is 2.29. The van der Waals surface area contributed by atoms with E-state index < -0.39 is 16.6 Å². The van der Waals surface area contributed by atoms with Gasteiger partial charge in [0, 0.05) is 13.1 Å². The molecular formula is C14H21N3O4. The van der Waals surface area contributed by atoms with Gasteiger partial charge in [-0.25, -0.2) is 4.79 Å². The first-order chi connectivity index (χ1) is 9.64. The van der Waals surface area contributed by atoms with E-state index in [0.29, 0.717) is 6.54 Å². The van der Waals surface area contributed by atoms with E-state index in [1.54, 1.807) is 0 Å². The van der Waals surface area contributed by atoms with Gasteiger partial charge in [0.1, 0.15) is 11.3 Å². The highest BCUT2D eigenvalue weighted by molar-refractivity contribution is 5.95. The second-order valence-corrected chi connectivity index (χ2v) is 6.02. The molecule has 0 spiro atoms. The van der Waals surface area contributed by atoms with Gasteiger partial charge < -0.3 is 15.3 Å². The molecule has 7 nitrogen and oxygen atoms in total. The molecule has 0 aliphatic rings. The minimum absolute atomic E-state index is 0.114. The summed E-state index contributed by atoms with van der Waals surface area (Å²) in [5.41, 5.74) is -0.593. The van der Waals surface area contributed by atoms with Gasteiger partial charge in [-0.2, -0.15) is 0 Å². The second-order valence-electron chi connectivity index (χ2n) is 6.02. The van der Waals surface area contributed by atoms with Crippen LogP contribution < -0.4 is 5.32 Å². The van der Waals surface area contributed by atoms with Crippen LogP contribution in [0, 0.1) is 15.5 Å². The zero-order valence-corrected chi connectivity index (χ0v) is 12.7. The summed E-state index contributed by atoms with van der Waals surface area (Å²) >= 11 is 0. The minimum atomic E-state index is -1.31. The maximum Gasteiger partial charge on any atom is 0.342 e. The normalized spacial score (nSPS) is 11.5. The van der Waals surface area contributed by atoms with E-state index in [1.807, 2.05) is 32.8 Å². The third-order valence-corrected chi connectivity index (χ3v) is 2.95. The molecule has 0 heterocycles. The van der Waals surface area contributed by atoms with Crippen LogP contribution in [0.4, 0.5) is 11.4 Å². The van der Waals surface area contributed by atoms with Gasteiger partial charge in [0.15, 0.2) is 0 Å². The zero-order valence-electron chi connectivity index (χ0n) is 12.7. The van der Waals surface area contributed by atoms with Gasteiger partial charge in [0.2, 0.25) is 0 Å². The number of aromatic carboxylic acids is 1. The van der Waals surface area contributed by atoms with Crippen LogP contribution in [0.2, 0.25) is 0 Å². The first-order valence-corrected chi connectivity index (χ1v) is 6.53. The molecule has 0 atom stereocenters. The Morgan fingerprint density at radius 3 is 2.52 bits per heavy atom. The lowest BCUT2D eigenvalue weighted by atomic mass is 9.92. The minimum Gasteiger partial charge on any atom is -0.477 e. The van der Waals surface area contributed by atoms with Crippen molar-refractivity contribution in [2.24, 2.45) is 5.41 Å². The Kier molecular flexibility index (Phi) is 5.26. The molecule has 0 saturated heterocycles. The van der Waals surface area contributed by atoms with E-state index in [2.05, 4.69) is 5.32 Å². The topological polar surface area (TPSA) is 95.7 Å². The van der Waals surface area contributed by atoms with Crippen molar-refractivity contribution in [2.45, 2.75) is 13.8 Å². The van der Waals surface area contributed by atoms with Crippen molar-refractivity contribution in [1.29, 1.82) is 0 Å². The van der Waals surface area contributed by atoms with Crippen LogP contribution in [0.5, 0.6) is 0 Å². The first-order valence-electron chi connectivity index (χ1n) is 6.53. The summed E-state index contributed by atoms with van der Waals surface area (Å²) in [7, 11) is 3.91. The Hall–Kier alpha value is -2.15. The van der Waals surface area contributed by atoms with Crippen molar-refractivity contribution in [1.82, 2.24) is 4.90 Å². The molecule has 1 rings (SSSR count). The number of carboxylic acid groups (broad SMARTS) is 1. The lowest BCUT2D eigenvalue weighted by Crippen LogP contribution is -2.34. The number of nitrogens with one attached hydrogen (secondary N) is 1. The molecule has 1 aromatic carbocycles. The highest BCUT2D eigenvalue weighted by atomic mass is 16.6. The van der Waals surface area contributed by atoms with E-state index in [4.69, 9.17) is 5.11 Å². The highest BCUT2D eigenvalue weighted by Gasteiger charge is 2.26. The SMILES string of the molecule is CN(C)CC(C)(C)CNc1cccc(C(=O)O)c1[N+](=O)[O-]. The summed E-state index contributed by atoms with van der Waals surface area (Å²) < 4.78 is 0. The number of nitrogens with zero attached hydrogens (tertiary/aromatic N) is 2. The summed E-state index contributed by atoms with van der Waals surface area (Å²) in [6.07, 6.45) is 0. The van der Waals surface area contributed by atoms with Crippen LogP contribution in [-0.4, -0.2) is 48.1 Å². The number of carbonyl (C=O) groups is 1. The van der Waals surface area contributed by atoms with E-state index in [9.17, 15) is 14.9 Å². The second kappa shape index (κ2) is 6.53. The fraction of sp³-hybridized carbons (Fsp3) is 0.500. The summed E-state index contributed by atoms with van der Waals surface area (Å²) in [6, 6.07) is 4.25. The number of carboxylic acids is 1. The number of benzene rings is 1. The molecule has 0 aromatic heterocycles. The smallest absolute Gasteiger partial charge is 0.342 e. The lowest BCUT2D eigenvalue weighted by Gasteiger charge is -2.28. The van der Waals surface area contributed by atoms with Crippen molar-refractivity contribution < 1.29 is 14.8 Å². The fourth-order valence-electron chi connectivity index (χ4n) is 2.30. The number of rotatable bonds is 7. The third-order valence-electron chi connectivity index (χ3n) is 2.95. The molecule has 0 unspecified atom stereocenters. The number of nitro benzene ring substituents is 1. The van der Waals surface area contributed by atoms with Crippen molar-refractivity contribution >= 4 is 17.3 Å². The van der Waals surface area contributed by atoms with E-state index in [1.165, 1.54) is 18.2 Å². The quantitative estimate of drug-likeness (QED) is 0.592. The molecule has 21 heavy (non-hydrogen) atoms. The Labute approximate surface area is 123 Å². The Balaban J connectivity index is 3.01. The fourth-order valence-corrected chi connectivity index (χ4v) is 2.30. The van der Waals surface area contributed by atoms with Crippen LogP contribution in [0.3, 0.4) is 0 Å². The van der Waals surface area contributed by atoms with Crippen molar-refractivity contribution in [2.75, 3.05) is 32.5 Å². The van der Waals surface area contributed by atoms with Gasteiger partial charge in [-0.1, -0.05) is 19.9 Å². The molecule has 2 N–H and O–H groups in total. The average molecular weight is 295 g/mol. The predicted molar refractivity (Wildman–Crippen MR) is 80.9 cm³/mol. The molecule has 0 bridgehead atoms. The van der Waals surface area contributed by atoms with Gasteiger partial charge in [0.25, 0.3) is 0 Å². The Morgan fingerprint density at radius 2 is 2.05 bits per heavy atom. The summed E-state index contributed by atoms with van der Waals surface area (Å²) in [4.78, 5) is 23.6. The van der Waals surface area contributed by atoms with Crippen molar-refractivity contribution in [3.05, 3.63) is 33.9 Å². The number of hydrogen-bond donors (Lipinski definition) is 2. The molecule has 116 valence electrons. The molecule has 1 aromatic rings. The van der Waals surface area contributed by atoms with Gasteiger partial charge in [0.05, 0.1) is 4.92 Å². The van der Waals surface area contributed by atoms with Gasteiger partial charge in [-0.05, 0) is 31.6 Å². The zero-order chi connectivity index (χ0) is 16.2. The Bertz CT molecular complexity index is 541. The highest BCUT2D eigenvalue weighted by Crippen LogP contribution is 2.29. The van der Waals surface area contributed by atoms with Crippen LogP contribution >= 0.6 is 0 Å². The molecule has 0 fully saturated rings.